The minimum Gasteiger partial charge on any atom is -0.495 e. The van der Waals surface area contributed by atoms with Crippen LogP contribution in [0.25, 0.3) is 0 Å². The van der Waals surface area contributed by atoms with Crippen molar-refractivity contribution in [3.63, 3.8) is 0 Å². The lowest BCUT2D eigenvalue weighted by atomic mass is 10.2. The van der Waals surface area contributed by atoms with Gasteiger partial charge in [-0.25, -0.2) is 9.38 Å². The van der Waals surface area contributed by atoms with Crippen LogP contribution in [0.5, 0.6) is 11.5 Å². The molecule has 0 aromatic heterocycles. The summed E-state index contributed by atoms with van der Waals surface area (Å²) in [5, 5.41) is 9.24. The predicted octanol–water partition coefficient (Wildman–Crippen LogP) is 3.71. The van der Waals surface area contributed by atoms with Crippen molar-refractivity contribution < 1.29 is 18.7 Å². The number of halogens is 1. The summed E-state index contributed by atoms with van der Waals surface area (Å²) < 4.78 is 24.5. The lowest BCUT2D eigenvalue weighted by Gasteiger charge is -2.20. The molecule has 1 unspecified atom stereocenters. The molecule has 0 fully saturated rings. The summed E-state index contributed by atoms with van der Waals surface area (Å²) >= 11 is 0. The number of ether oxygens (including phenoxy) is 2. The molecule has 7 nitrogen and oxygen atoms in total. The molecule has 0 saturated carbocycles. The number of rotatable bonds is 10. The summed E-state index contributed by atoms with van der Waals surface area (Å²) in [4.78, 5) is 16.0. The first-order chi connectivity index (χ1) is 14.9. The van der Waals surface area contributed by atoms with Crippen LogP contribution >= 0.6 is 0 Å². The van der Waals surface area contributed by atoms with Crippen LogP contribution in [0, 0.1) is 5.82 Å². The van der Waals surface area contributed by atoms with Gasteiger partial charge in [-0.2, -0.15) is 0 Å². The van der Waals surface area contributed by atoms with Crippen molar-refractivity contribution in [2.24, 2.45) is 4.99 Å². The second-order valence-corrected chi connectivity index (χ2v) is 6.90. The van der Waals surface area contributed by atoms with Crippen LogP contribution in [0.3, 0.4) is 0 Å². The molecule has 2 rings (SSSR count). The number of hydrogen-bond donors (Lipinski definition) is 3. The minimum absolute atomic E-state index is 0.141. The number of guanidine groups is 1. The number of hydrogen-bond acceptors (Lipinski definition) is 4. The molecule has 1 atom stereocenters. The van der Waals surface area contributed by atoms with Crippen molar-refractivity contribution in [3.05, 3.63) is 53.8 Å². The molecule has 0 bridgehead atoms. The first-order valence-electron chi connectivity index (χ1n) is 10.3. The van der Waals surface area contributed by atoms with Crippen molar-refractivity contribution >= 4 is 17.6 Å². The molecule has 2 aromatic carbocycles. The fourth-order valence-corrected chi connectivity index (χ4v) is 2.87. The van der Waals surface area contributed by atoms with Crippen LogP contribution in [-0.2, 0) is 11.3 Å². The quantitative estimate of drug-likeness (QED) is 0.395. The Balaban J connectivity index is 2.03. The van der Waals surface area contributed by atoms with E-state index < -0.39 is 0 Å². The van der Waals surface area contributed by atoms with Gasteiger partial charge in [0.25, 0.3) is 0 Å². The van der Waals surface area contributed by atoms with Crippen molar-refractivity contribution in [2.75, 3.05) is 25.5 Å². The molecule has 168 valence electrons. The summed E-state index contributed by atoms with van der Waals surface area (Å²) in [6.07, 6.45) is 0.611. The monoisotopic (exact) mass is 430 g/mol. The van der Waals surface area contributed by atoms with Gasteiger partial charge in [0, 0.05) is 19.5 Å². The summed E-state index contributed by atoms with van der Waals surface area (Å²) in [5.74, 6) is 1.24. The van der Waals surface area contributed by atoms with E-state index in [4.69, 9.17) is 9.47 Å². The van der Waals surface area contributed by atoms with Crippen molar-refractivity contribution in [1.29, 1.82) is 0 Å². The highest BCUT2D eigenvalue weighted by Crippen LogP contribution is 2.25. The fraction of sp³-hybridized carbons (Fsp3) is 0.391. The molecule has 0 saturated heterocycles. The third kappa shape index (κ3) is 8.16. The third-order valence-corrected chi connectivity index (χ3v) is 4.39. The number of methoxy groups -OCH3 is 1. The van der Waals surface area contributed by atoms with Gasteiger partial charge in [0.2, 0.25) is 5.91 Å². The minimum atomic E-state index is -0.326. The van der Waals surface area contributed by atoms with E-state index in [1.807, 2.05) is 26.0 Å². The normalized spacial score (nSPS) is 12.1. The molecule has 0 aliphatic heterocycles. The van der Waals surface area contributed by atoms with Crippen LogP contribution in [0.1, 0.15) is 32.8 Å². The van der Waals surface area contributed by atoms with Gasteiger partial charge in [0.15, 0.2) is 5.96 Å². The topological polar surface area (TPSA) is 84.0 Å². The lowest BCUT2D eigenvalue weighted by Crippen LogP contribution is -2.42. The lowest BCUT2D eigenvalue weighted by molar-refractivity contribution is -0.114. The van der Waals surface area contributed by atoms with E-state index in [1.54, 1.807) is 25.3 Å². The number of aliphatic imine (C=N–C) groups is 1. The van der Waals surface area contributed by atoms with Crippen LogP contribution < -0.4 is 25.4 Å². The van der Waals surface area contributed by atoms with E-state index in [0.29, 0.717) is 42.8 Å². The highest BCUT2D eigenvalue weighted by molar-refractivity contribution is 5.90. The molecular formula is C23H31FN4O3. The van der Waals surface area contributed by atoms with Gasteiger partial charge in [-0.15, -0.1) is 0 Å². The zero-order valence-electron chi connectivity index (χ0n) is 18.5. The first kappa shape index (κ1) is 24.0. The Morgan fingerprint density at radius 2 is 1.97 bits per heavy atom. The predicted molar refractivity (Wildman–Crippen MR) is 121 cm³/mol. The number of nitrogens with zero attached hydrogens (tertiary/aromatic N) is 1. The maximum atomic E-state index is 13.4. The second kappa shape index (κ2) is 12.4. The Hall–Kier alpha value is -3.29. The van der Waals surface area contributed by atoms with Crippen LogP contribution in [0.2, 0.25) is 0 Å². The Morgan fingerprint density at radius 1 is 1.16 bits per heavy atom. The Kier molecular flexibility index (Phi) is 9.61. The summed E-state index contributed by atoms with van der Waals surface area (Å²) in [5.41, 5.74) is 1.53. The maximum absolute atomic E-state index is 13.4. The fourth-order valence-electron chi connectivity index (χ4n) is 2.87. The average Bonchev–Trinajstić information content (AvgIpc) is 2.74. The van der Waals surface area contributed by atoms with Gasteiger partial charge < -0.3 is 25.4 Å². The molecule has 0 spiro atoms. The molecule has 0 aliphatic rings. The van der Waals surface area contributed by atoms with E-state index >= 15 is 0 Å². The molecule has 0 heterocycles. The highest BCUT2D eigenvalue weighted by Gasteiger charge is 2.11. The zero-order chi connectivity index (χ0) is 22.6. The number of amides is 1. The van der Waals surface area contributed by atoms with Crippen molar-refractivity contribution in [2.45, 2.75) is 39.8 Å². The van der Waals surface area contributed by atoms with Gasteiger partial charge in [-0.05, 0) is 43.2 Å². The molecule has 0 aliphatic carbocycles. The number of anilines is 1. The first-order valence-corrected chi connectivity index (χ1v) is 10.3. The maximum Gasteiger partial charge on any atom is 0.221 e. The number of carbonyl (C=O) groups excluding carboxylic acids is 1. The summed E-state index contributed by atoms with van der Waals surface area (Å²) in [6.45, 7) is 7.07. The third-order valence-electron chi connectivity index (χ3n) is 4.39. The average molecular weight is 431 g/mol. The molecular weight excluding hydrogens is 399 g/mol. The summed E-state index contributed by atoms with van der Waals surface area (Å²) in [6, 6.07) is 11.7. The smallest absolute Gasteiger partial charge is 0.221 e. The molecule has 1 amide bonds. The van der Waals surface area contributed by atoms with E-state index in [2.05, 4.69) is 20.9 Å². The molecule has 3 N–H and O–H groups in total. The van der Waals surface area contributed by atoms with Crippen LogP contribution in [-0.4, -0.2) is 38.2 Å². The molecule has 31 heavy (non-hydrogen) atoms. The number of carbonyl (C=O) groups is 1. The SMILES string of the molecule is CCNC(=NCc1ccc(OC)c(NC(C)=O)c1)NCC(CC)Oc1cccc(F)c1. The Morgan fingerprint density at radius 3 is 2.61 bits per heavy atom. The second-order valence-electron chi connectivity index (χ2n) is 6.90. The molecule has 0 radical (unpaired) electrons. The van der Waals surface area contributed by atoms with Crippen molar-refractivity contribution in [1.82, 2.24) is 10.6 Å². The van der Waals surface area contributed by atoms with Gasteiger partial charge in [0.05, 0.1) is 25.9 Å². The largest absolute Gasteiger partial charge is 0.495 e. The van der Waals surface area contributed by atoms with Gasteiger partial charge >= 0.3 is 0 Å². The van der Waals surface area contributed by atoms with Crippen LogP contribution in [0.15, 0.2) is 47.5 Å². The number of nitrogens with one attached hydrogen (secondary N) is 3. The highest BCUT2D eigenvalue weighted by atomic mass is 19.1. The standard InChI is InChI=1S/C23H31FN4O3/c1-5-19(31-20-9-7-8-18(24)13-20)15-27-23(25-6-2)26-14-17-10-11-22(30-4)21(12-17)28-16(3)29/h7-13,19H,5-6,14-15H2,1-4H3,(H,28,29)(H2,25,26,27). The molecule has 8 heteroatoms. The van der Waals surface area contributed by atoms with Crippen molar-refractivity contribution in [3.8, 4) is 11.5 Å². The van der Waals surface area contributed by atoms with Gasteiger partial charge in [-0.3, -0.25) is 4.79 Å². The Bertz CT molecular complexity index is 889. The van der Waals surface area contributed by atoms with Gasteiger partial charge in [-0.1, -0.05) is 19.1 Å². The Labute approximate surface area is 183 Å². The number of benzene rings is 2. The summed E-state index contributed by atoms with van der Waals surface area (Å²) in [7, 11) is 1.56. The zero-order valence-corrected chi connectivity index (χ0v) is 18.5. The van der Waals surface area contributed by atoms with E-state index in [0.717, 1.165) is 12.0 Å². The van der Waals surface area contributed by atoms with E-state index in [-0.39, 0.29) is 17.8 Å². The van der Waals surface area contributed by atoms with Gasteiger partial charge in [0.1, 0.15) is 23.4 Å². The van der Waals surface area contributed by atoms with Crippen LogP contribution in [0.4, 0.5) is 10.1 Å². The van der Waals surface area contributed by atoms with E-state index in [1.165, 1.54) is 19.1 Å². The molecule has 2 aromatic rings. The van der Waals surface area contributed by atoms with E-state index in [9.17, 15) is 9.18 Å².